The molecule has 3 heteroatoms. The first-order chi connectivity index (χ1) is 10.8. The molecule has 22 heavy (non-hydrogen) atoms. The minimum Gasteiger partial charge on any atom is -0.497 e. The first-order valence-corrected chi connectivity index (χ1v) is 8.42. The van der Waals surface area contributed by atoms with E-state index in [1.54, 1.807) is 7.11 Å². The van der Waals surface area contributed by atoms with Crippen LogP contribution in [0, 0.1) is 5.92 Å². The molecule has 2 aromatic carbocycles. The number of hydrogen-bond acceptors (Lipinski definition) is 2. The summed E-state index contributed by atoms with van der Waals surface area (Å²) >= 11 is 3.59. The smallest absolute Gasteiger partial charge is 0.119 e. The van der Waals surface area contributed by atoms with Crippen molar-refractivity contribution in [1.29, 1.82) is 0 Å². The van der Waals surface area contributed by atoms with Crippen molar-refractivity contribution in [2.24, 2.45) is 5.92 Å². The van der Waals surface area contributed by atoms with Gasteiger partial charge in [0.2, 0.25) is 0 Å². The third-order valence-electron chi connectivity index (χ3n) is 4.78. The summed E-state index contributed by atoms with van der Waals surface area (Å²) in [6, 6.07) is 15.3. The third-order valence-corrected chi connectivity index (χ3v) is 5.27. The summed E-state index contributed by atoms with van der Waals surface area (Å²) in [4.78, 5) is 0. The molecule has 0 saturated carbocycles. The summed E-state index contributed by atoms with van der Waals surface area (Å²) in [5.41, 5.74) is 3.91. The number of benzene rings is 2. The first-order valence-electron chi connectivity index (χ1n) is 7.63. The Morgan fingerprint density at radius 2 is 2.09 bits per heavy atom. The maximum atomic E-state index is 5.40. The summed E-state index contributed by atoms with van der Waals surface area (Å²) in [7, 11) is 1.73. The molecule has 3 atom stereocenters. The molecule has 1 aliphatic heterocycles. The van der Waals surface area contributed by atoms with Crippen molar-refractivity contribution in [3.63, 3.8) is 0 Å². The van der Waals surface area contributed by atoms with Crippen LogP contribution in [0.15, 0.2) is 59.1 Å². The van der Waals surface area contributed by atoms with Gasteiger partial charge in [-0.1, -0.05) is 40.2 Å². The Bertz CT molecular complexity index is 740. The van der Waals surface area contributed by atoms with Crippen LogP contribution in [-0.2, 0) is 0 Å². The second-order valence-corrected chi connectivity index (χ2v) is 6.90. The molecule has 2 aromatic rings. The minimum atomic E-state index is 0.346. The van der Waals surface area contributed by atoms with E-state index in [1.165, 1.54) is 16.8 Å². The number of allylic oxidation sites excluding steroid dienone is 2. The third kappa shape index (κ3) is 2.24. The van der Waals surface area contributed by atoms with E-state index in [1.807, 2.05) is 6.07 Å². The molecule has 4 rings (SSSR count). The van der Waals surface area contributed by atoms with E-state index in [4.69, 9.17) is 4.74 Å². The van der Waals surface area contributed by atoms with Crippen LogP contribution in [0.5, 0.6) is 5.75 Å². The topological polar surface area (TPSA) is 21.3 Å². The molecule has 1 aliphatic carbocycles. The molecule has 1 N–H and O–H groups in total. The highest BCUT2D eigenvalue weighted by Gasteiger charge is 2.37. The van der Waals surface area contributed by atoms with Crippen LogP contribution in [0.4, 0.5) is 5.69 Å². The Labute approximate surface area is 139 Å². The number of rotatable bonds is 2. The van der Waals surface area contributed by atoms with E-state index in [-0.39, 0.29) is 0 Å². The van der Waals surface area contributed by atoms with Crippen LogP contribution in [0.3, 0.4) is 0 Å². The van der Waals surface area contributed by atoms with Gasteiger partial charge in [-0.3, -0.25) is 0 Å². The molecule has 0 unspecified atom stereocenters. The van der Waals surface area contributed by atoms with Crippen LogP contribution >= 0.6 is 15.9 Å². The zero-order chi connectivity index (χ0) is 15.1. The van der Waals surface area contributed by atoms with Gasteiger partial charge in [-0.15, -0.1) is 0 Å². The van der Waals surface area contributed by atoms with Crippen molar-refractivity contribution in [3.05, 3.63) is 70.2 Å². The Morgan fingerprint density at radius 1 is 1.18 bits per heavy atom. The van der Waals surface area contributed by atoms with Crippen LogP contribution < -0.4 is 10.1 Å². The highest BCUT2D eigenvalue weighted by atomic mass is 79.9. The molecule has 0 saturated heterocycles. The molecule has 112 valence electrons. The Kier molecular flexibility index (Phi) is 3.45. The van der Waals surface area contributed by atoms with E-state index in [0.717, 1.165) is 16.6 Å². The lowest BCUT2D eigenvalue weighted by Gasteiger charge is -2.37. The molecular weight excluding hydrogens is 338 g/mol. The summed E-state index contributed by atoms with van der Waals surface area (Å²) in [5.74, 6) is 1.96. The largest absolute Gasteiger partial charge is 0.497 e. The van der Waals surface area contributed by atoms with Crippen molar-refractivity contribution in [1.82, 2.24) is 0 Å². The number of ether oxygens (including phenoxy) is 1. The molecule has 0 aromatic heterocycles. The van der Waals surface area contributed by atoms with Gasteiger partial charge in [-0.2, -0.15) is 0 Å². The molecule has 0 radical (unpaired) electrons. The molecule has 0 spiro atoms. The highest BCUT2D eigenvalue weighted by Crippen LogP contribution is 2.50. The molecule has 1 heterocycles. The lowest BCUT2D eigenvalue weighted by molar-refractivity contribution is 0.405. The normalized spacial score (nSPS) is 25.3. The van der Waals surface area contributed by atoms with Gasteiger partial charge in [0.1, 0.15) is 5.75 Å². The maximum Gasteiger partial charge on any atom is 0.119 e. The van der Waals surface area contributed by atoms with E-state index < -0.39 is 0 Å². The highest BCUT2D eigenvalue weighted by molar-refractivity contribution is 9.10. The van der Waals surface area contributed by atoms with Crippen molar-refractivity contribution in [2.45, 2.75) is 18.4 Å². The van der Waals surface area contributed by atoms with Crippen molar-refractivity contribution >= 4 is 21.6 Å². The molecule has 2 nitrogen and oxygen atoms in total. The lowest BCUT2D eigenvalue weighted by atomic mass is 9.77. The van der Waals surface area contributed by atoms with Gasteiger partial charge in [0.15, 0.2) is 0 Å². The fourth-order valence-corrected chi connectivity index (χ4v) is 4.15. The van der Waals surface area contributed by atoms with E-state index in [0.29, 0.717) is 17.9 Å². The minimum absolute atomic E-state index is 0.346. The summed E-state index contributed by atoms with van der Waals surface area (Å²) in [5, 5.41) is 3.75. The fourth-order valence-electron chi connectivity index (χ4n) is 3.73. The lowest BCUT2D eigenvalue weighted by Crippen LogP contribution is -2.29. The van der Waals surface area contributed by atoms with Gasteiger partial charge < -0.3 is 10.1 Å². The predicted octanol–water partition coefficient (Wildman–Crippen LogP) is 5.28. The number of nitrogens with one attached hydrogen (secondary N) is 1. The van der Waals surface area contributed by atoms with E-state index >= 15 is 0 Å². The monoisotopic (exact) mass is 355 g/mol. The van der Waals surface area contributed by atoms with Gasteiger partial charge in [0.05, 0.1) is 13.2 Å². The zero-order valence-corrected chi connectivity index (χ0v) is 14.0. The van der Waals surface area contributed by atoms with Crippen molar-refractivity contribution in [3.8, 4) is 5.75 Å². The SMILES string of the molecule is COc1ccc2c(c1)[C@@H]1C=CC[C@H]1[C@@H](c1cccc(Br)c1)N2. The number of methoxy groups -OCH3 is 1. The number of fused-ring (bicyclic) bond motifs is 3. The van der Waals surface area contributed by atoms with E-state index in [2.05, 4.69) is 69.8 Å². The van der Waals surface area contributed by atoms with Gasteiger partial charge >= 0.3 is 0 Å². The molecule has 2 aliphatic rings. The summed E-state index contributed by atoms with van der Waals surface area (Å²) in [6.07, 6.45) is 5.79. The average molecular weight is 356 g/mol. The second kappa shape index (κ2) is 5.47. The first kappa shape index (κ1) is 13.9. The van der Waals surface area contributed by atoms with Gasteiger partial charge in [-0.05, 0) is 53.8 Å². The van der Waals surface area contributed by atoms with Gasteiger partial charge in [0, 0.05) is 16.1 Å². The summed E-state index contributed by atoms with van der Waals surface area (Å²) < 4.78 is 6.53. The van der Waals surface area contributed by atoms with Crippen molar-refractivity contribution < 1.29 is 4.74 Å². The zero-order valence-electron chi connectivity index (χ0n) is 12.4. The Balaban J connectivity index is 1.78. The van der Waals surface area contributed by atoms with Crippen LogP contribution in [0.1, 0.15) is 29.5 Å². The molecule has 0 amide bonds. The number of halogens is 1. The summed E-state index contributed by atoms with van der Waals surface area (Å²) in [6.45, 7) is 0. The average Bonchev–Trinajstić information content (AvgIpc) is 3.03. The van der Waals surface area contributed by atoms with Crippen molar-refractivity contribution in [2.75, 3.05) is 12.4 Å². The predicted molar refractivity (Wildman–Crippen MR) is 93.5 cm³/mol. The van der Waals surface area contributed by atoms with Crippen LogP contribution in [0.2, 0.25) is 0 Å². The van der Waals surface area contributed by atoms with Gasteiger partial charge in [-0.25, -0.2) is 0 Å². The van der Waals surface area contributed by atoms with Crippen LogP contribution in [0.25, 0.3) is 0 Å². The molecule has 0 bridgehead atoms. The standard InChI is InChI=1S/C19H18BrNO/c1-22-14-8-9-18-17(11-14)15-6-3-7-16(15)19(21-18)12-4-2-5-13(20)10-12/h2-6,8-11,15-16,19,21H,7H2,1H3/t15-,16-,19-/m1/s1. The Morgan fingerprint density at radius 3 is 2.91 bits per heavy atom. The Hall–Kier alpha value is -1.74. The molecule has 0 fully saturated rings. The van der Waals surface area contributed by atoms with E-state index in [9.17, 15) is 0 Å². The number of anilines is 1. The number of hydrogen-bond donors (Lipinski definition) is 1. The molecular formula is C19H18BrNO. The van der Waals surface area contributed by atoms with Crippen LogP contribution in [-0.4, -0.2) is 7.11 Å². The quantitative estimate of drug-likeness (QED) is 0.739. The fraction of sp³-hybridized carbons (Fsp3) is 0.263. The maximum absolute atomic E-state index is 5.40. The van der Waals surface area contributed by atoms with Gasteiger partial charge in [0.25, 0.3) is 0 Å². The second-order valence-electron chi connectivity index (χ2n) is 5.98.